The molecule has 0 saturated heterocycles. The van der Waals surface area contributed by atoms with E-state index in [0.29, 0.717) is 6.54 Å². The Balaban J connectivity index is 1.74. The minimum atomic E-state index is 0.694. The topological polar surface area (TPSA) is 49.3 Å². The summed E-state index contributed by atoms with van der Waals surface area (Å²) in [5.74, 6) is 0.789. The van der Waals surface area contributed by atoms with Crippen molar-refractivity contribution in [3.63, 3.8) is 0 Å². The first-order valence-corrected chi connectivity index (χ1v) is 7.97. The van der Waals surface area contributed by atoms with E-state index in [0.717, 1.165) is 29.0 Å². The summed E-state index contributed by atoms with van der Waals surface area (Å²) in [5.41, 5.74) is 1.25. The molecule has 0 aliphatic carbocycles. The number of rotatable bonds is 5. The molecule has 0 amide bonds. The summed E-state index contributed by atoms with van der Waals surface area (Å²) in [6.45, 7) is 3.57. The number of benzene rings is 1. The number of nitrogens with zero attached hydrogens (tertiary/aromatic N) is 2. The van der Waals surface area contributed by atoms with Crippen LogP contribution >= 0.6 is 22.9 Å². The Morgan fingerprint density at radius 2 is 2.05 bits per heavy atom. The molecule has 0 radical (unpaired) electrons. The Morgan fingerprint density at radius 3 is 2.67 bits per heavy atom. The number of hydrogen-bond acceptors (Lipinski definition) is 3. The number of guanidine groups is 1. The molecule has 2 N–H and O–H groups in total. The molecule has 4 nitrogen and oxygen atoms in total. The fraction of sp³-hybridized carbons (Fsp3) is 0.333. The third kappa shape index (κ3) is 5.36. The molecule has 0 bridgehead atoms. The summed E-state index contributed by atoms with van der Waals surface area (Å²) in [5, 5.41) is 8.38. The van der Waals surface area contributed by atoms with E-state index in [-0.39, 0.29) is 0 Å². The molecule has 2 aromatic rings. The van der Waals surface area contributed by atoms with Gasteiger partial charge in [-0.1, -0.05) is 23.7 Å². The quantitative estimate of drug-likeness (QED) is 0.657. The molecule has 112 valence electrons. The highest BCUT2D eigenvalue weighted by Gasteiger charge is 2.01. The lowest BCUT2D eigenvalue weighted by atomic mass is 10.1. The van der Waals surface area contributed by atoms with E-state index in [1.165, 1.54) is 10.4 Å². The van der Waals surface area contributed by atoms with Crippen molar-refractivity contribution in [3.8, 4) is 0 Å². The second-order valence-electron chi connectivity index (χ2n) is 4.59. The highest BCUT2D eigenvalue weighted by atomic mass is 35.5. The molecule has 1 heterocycles. The van der Waals surface area contributed by atoms with Crippen molar-refractivity contribution in [2.75, 3.05) is 13.6 Å². The maximum atomic E-state index is 5.87. The summed E-state index contributed by atoms with van der Waals surface area (Å²) in [6.07, 6.45) is 2.81. The molecule has 2 rings (SSSR count). The highest BCUT2D eigenvalue weighted by Crippen LogP contribution is 2.10. The van der Waals surface area contributed by atoms with Crippen LogP contribution in [0.15, 0.2) is 35.5 Å². The summed E-state index contributed by atoms with van der Waals surface area (Å²) < 4.78 is 0. The fourth-order valence-electron chi connectivity index (χ4n) is 1.84. The molecule has 21 heavy (non-hydrogen) atoms. The molecule has 6 heteroatoms. The lowest BCUT2D eigenvalue weighted by Gasteiger charge is -2.10. The lowest BCUT2D eigenvalue weighted by Crippen LogP contribution is -2.37. The molecule has 0 saturated carbocycles. The van der Waals surface area contributed by atoms with Crippen LogP contribution in [0.25, 0.3) is 0 Å². The van der Waals surface area contributed by atoms with Gasteiger partial charge in [-0.3, -0.25) is 4.99 Å². The third-order valence-corrected chi connectivity index (χ3v) is 4.08. The number of hydrogen-bond donors (Lipinski definition) is 2. The third-order valence-electron chi connectivity index (χ3n) is 2.92. The zero-order valence-corrected chi connectivity index (χ0v) is 13.8. The molecule has 1 aromatic heterocycles. The largest absolute Gasteiger partial charge is 0.356 e. The number of aliphatic imine (C=N–C) groups is 1. The summed E-state index contributed by atoms with van der Waals surface area (Å²) >= 11 is 7.56. The van der Waals surface area contributed by atoms with E-state index >= 15 is 0 Å². The van der Waals surface area contributed by atoms with Gasteiger partial charge in [0.1, 0.15) is 5.01 Å². The molecule has 0 fully saturated rings. The van der Waals surface area contributed by atoms with E-state index < -0.39 is 0 Å². The molecular weight excluding hydrogens is 304 g/mol. The van der Waals surface area contributed by atoms with Crippen LogP contribution in [0, 0.1) is 6.92 Å². The Morgan fingerprint density at radius 1 is 1.29 bits per heavy atom. The Hall–Kier alpha value is -1.59. The minimum absolute atomic E-state index is 0.694. The number of aromatic nitrogens is 1. The minimum Gasteiger partial charge on any atom is -0.356 e. The first-order valence-electron chi connectivity index (χ1n) is 6.77. The van der Waals surface area contributed by atoms with Crippen LogP contribution in [0.3, 0.4) is 0 Å². The van der Waals surface area contributed by atoms with Gasteiger partial charge in [-0.25, -0.2) is 4.98 Å². The standard InChI is InChI=1S/C15H19ClN4S/c1-11-9-19-14(21-11)10-20-15(17-2)18-8-7-12-3-5-13(16)6-4-12/h3-6,9H,7-8,10H2,1-2H3,(H2,17,18,20). The van der Waals surface area contributed by atoms with Crippen LogP contribution in [0.4, 0.5) is 0 Å². The van der Waals surface area contributed by atoms with E-state index in [9.17, 15) is 0 Å². The van der Waals surface area contributed by atoms with Crippen molar-refractivity contribution in [2.45, 2.75) is 19.9 Å². The smallest absolute Gasteiger partial charge is 0.191 e. The monoisotopic (exact) mass is 322 g/mol. The normalized spacial score (nSPS) is 11.5. The van der Waals surface area contributed by atoms with Crippen molar-refractivity contribution < 1.29 is 0 Å². The van der Waals surface area contributed by atoms with Crippen LogP contribution in [-0.2, 0) is 13.0 Å². The van der Waals surface area contributed by atoms with Crippen LogP contribution in [0.1, 0.15) is 15.4 Å². The van der Waals surface area contributed by atoms with Crippen LogP contribution in [0.2, 0.25) is 5.02 Å². The summed E-state index contributed by atoms with van der Waals surface area (Å²) in [6, 6.07) is 7.90. The SMILES string of the molecule is CN=C(NCCc1ccc(Cl)cc1)NCc1ncc(C)s1. The highest BCUT2D eigenvalue weighted by molar-refractivity contribution is 7.11. The number of aryl methyl sites for hydroxylation is 1. The lowest BCUT2D eigenvalue weighted by molar-refractivity contribution is 0.792. The maximum Gasteiger partial charge on any atom is 0.191 e. The Bertz CT molecular complexity index is 592. The second-order valence-corrected chi connectivity index (χ2v) is 6.35. The van der Waals surface area contributed by atoms with Gasteiger partial charge in [0.25, 0.3) is 0 Å². The van der Waals surface area contributed by atoms with Gasteiger partial charge in [-0.05, 0) is 31.0 Å². The number of thiazole rings is 1. The average Bonchev–Trinajstić information content (AvgIpc) is 2.90. The van der Waals surface area contributed by atoms with Gasteiger partial charge in [0.05, 0.1) is 6.54 Å². The summed E-state index contributed by atoms with van der Waals surface area (Å²) in [7, 11) is 1.77. The fourth-order valence-corrected chi connectivity index (χ4v) is 2.69. The second kappa shape index (κ2) is 8.00. The predicted octanol–water partition coefficient (Wildman–Crippen LogP) is 3.01. The van der Waals surface area contributed by atoms with Gasteiger partial charge in [0.15, 0.2) is 5.96 Å². The zero-order chi connectivity index (χ0) is 15.1. The van der Waals surface area contributed by atoms with Crippen molar-refractivity contribution in [2.24, 2.45) is 4.99 Å². The molecular formula is C15H19ClN4S. The Kier molecular flexibility index (Phi) is 6.02. The van der Waals surface area contributed by atoms with Crippen LogP contribution in [-0.4, -0.2) is 24.5 Å². The van der Waals surface area contributed by atoms with Crippen LogP contribution < -0.4 is 10.6 Å². The molecule has 0 aliphatic heterocycles. The summed E-state index contributed by atoms with van der Waals surface area (Å²) in [4.78, 5) is 9.74. The zero-order valence-electron chi connectivity index (χ0n) is 12.2. The predicted molar refractivity (Wildman–Crippen MR) is 90.2 cm³/mol. The molecule has 1 aromatic carbocycles. The van der Waals surface area contributed by atoms with Gasteiger partial charge >= 0.3 is 0 Å². The Labute approximate surface area is 134 Å². The van der Waals surface area contributed by atoms with E-state index in [2.05, 4.69) is 27.5 Å². The average molecular weight is 323 g/mol. The van der Waals surface area contributed by atoms with Crippen LogP contribution in [0.5, 0.6) is 0 Å². The van der Waals surface area contributed by atoms with Crippen molar-refractivity contribution in [1.82, 2.24) is 15.6 Å². The van der Waals surface area contributed by atoms with Crippen molar-refractivity contribution >= 4 is 28.9 Å². The van der Waals surface area contributed by atoms with Gasteiger partial charge in [-0.15, -0.1) is 11.3 Å². The van der Waals surface area contributed by atoms with Crippen molar-refractivity contribution in [3.05, 3.63) is 50.9 Å². The maximum absolute atomic E-state index is 5.87. The van der Waals surface area contributed by atoms with E-state index in [4.69, 9.17) is 11.6 Å². The van der Waals surface area contributed by atoms with E-state index in [1.54, 1.807) is 18.4 Å². The molecule has 0 spiro atoms. The van der Waals surface area contributed by atoms with E-state index in [1.807, 2.05) is 30.5 Å². The number of halogens is 1. The molecule has 0 atom stereocenters. The first kappa shape index (κ1) is 15.8. The van der Waals surface area contributed by atoms with Gasteiger partial charge < -0.3 is 10.6 Å². The number of nitrogens with one attached hydrogen (secondary N) is 2. The van der Waals surface area contributed by atoms with Crippen molar-refractivity contribution in [1.29, 1.82) is 0 Å². The van der Waals surface area contributed by atoms with Gasteiger partial charge in [0.2, 0.25) is 0 Å². The van der Waals surface area contributed by atoms with Gasteiger partial charge in [-0.2, -0.15) is 0 Å². The first-order chi connectivity index (χ1) is 10.2. The molecule has 0 aliphatic rings. The van der Waals surface area contributed by atoms with Gasteiger partial charge in [0, 0.05) is 29.7 Å². The molecule has 0 unspecified atom stereocenters.